The van der Waals surface area contributed by atoms with Gasteiger partial charge >= 0.3 is 0 Å². The summed E-state index contributed by atoms with van der Waals surface area (Å²) in [7, 11) is -2.30. The van der Waals surface area contributed by atoms with E-state index in [0.29, 0.717) is 16.5 Å². The molecule has 3 rings (SSSR count). The third-order valence-electron chi connectivity index (χ3n) is 4.00. The maximum Gasteiger partial charge on any atom is 0.271 e. The zero-order chi connectivity index (χ0) is 21.6. The third-order valence-corrected chi connectivity index (χ3v) is 5.63. The summed E-state index contributed by atoms with van der Waals surface area (Å²) < 4.78 is 32.7. The lowest BCUT2D eigenvalue weighted by atomic mass is 10.2. The lowest BCUT2D eigenvalue weighted by Gasteiger charge is -2.09. The molecule has 0 heterocycles. The van der Waals surface area contributed by atoms with Gasteiger partial charge in [-0.3, -0.25) is 9.52 Å². The highest BCUT2D eigenvalue weighted by Crippen LogP contribution is 2.19. The quantitative estimate of drug-likeness (QED) is 0.427. The molecule has 0 aliphatic carbocycles. The summed E-state index contributed by atoms with van der Waals surface area (Å²) in [5.41, 5.74) is 3.66. The number of benzene rings is 3. The van der Waals surface area contributed by atoms with Gasteiger partial charge in [0.25, 0.3) is 15.9 Å². The number of hydrazone groups is 1. The van der Waals surface area contributed by atoms with Crippen LogP contribution in [0.4, 0.5) is 5.69 Å². The van der Waals surface area contributed by atoms with Crippen LogP contribution in [-0.4, -0.2) is 27.6 Å². The SMILES string of the molecule is COc1ccc(/C=N/NC(=O)c2cccc(S(=O)(=O)Nc3ccc(Cl)cc3)c2)cc1. The summed E-state index contributed by atoms with van der Waals surface area (Å²) in [6.45, 7) is 0. The molecule has 0 unspecified atom stereocenters. The number of ether oxygens (including phenoxy) is 1. The first-order chi connectivity index (χ1) is 14.4. The van der Waals surface area contributed by atoms with Crippen LogP contribution < -0.4 is 14.9 Å². The minimum absolute atomic E-state index is 0.0516. The van der Waals surface area contributed by atoms with E-state index in [1.807, 2.05) is 0 Å². The second-order valence-corrected chi connectivity index (χ2v) is 8.23. The average Bonchev–Trinajstić information content (AvgIpc) is 2.76. The van der Waals surface area contributed by atoms with Crippen LogP contribution >= 0.6 is 11.6 Å². The molecule has 0 saturated carbocycles. The largest absolute Gasteiger partial charge is 0.497 e. The Labute approximate surface area is 179 Å². The minimum Gasteiger partial charge on any atom is -0.497 e. The molecule has 7 nitrogen and oxygen atoms in total. The highest BCUT2D eigenvalue weighted by atomic mass is 35.5. The first kappa shape index (κ1) is 21.4. The van der Waals surface area contributed by atoms with Gasteiger partial charge in [0, 0.05) is 16.3 Å². The maximum absolute atomic E-state index is 12.6. The number of sulfonamides is 1. The number of hydrogen-bond donors (Lipinski definition) is 2. The molecule has 0 aliphatic rings. The molecule has 154 valence electrons. The van der Waals surface area contributed by atoms with E-state index in [4.69, 9.17) is 16.3 Å². The smallest absolute Gasteiger partial charge is 0.271 e. The number of methoxy groups -OCH3 is 1. The van der Waals surface area contributed by atoms with E-state index >= 15 is 0 Å². The number of nitrogens with one attached hydrogen (secondary N) is 2. The molecule has 1 amide bonds. The first-order valence-corrected chi connectivity index (χ1v) is 10.6. The highest BCUT2D eigenvalue weighted by Gasteiger charge is 2.16. The fourth-order valence-corrected chi connectivity index (χ4v) is 3.69. The van der Waals surface area contributed by atoms with E-state index in [1.54, 1.807) is 55.6 Å². The Bertz CT molecular complexity index is 1160. The zero-order valence-electron chi connectivity index (χ0n) is 15.9. The van der Waals surface area contributed by atoms with Gasteiger partial charge in [0.05, 0.1) is 18.2 Å². The van der Waals surface area contributed by atoms with E-state index in [2.05, 4.69) is 15.2 Å². The van der Waals surface area contributed by atoms with Crippen molar-refractivity contribution in [2.24, 2.45) is 5.10 Å². The lowest BCUT2D eigenvalue weighted by molar-refractivity contribution is 0.0955. The first-order valence-electron chi connectivity index (χ1n) is 8.73. The van der Waals surface area contributed by atoms with Crippen molar-refractivity contribution < 1.29 is 17.9 Å². The van der Waals surface area contributed by atoms with E-state index < -0.39 is 15.9 Å². The van der Waals surface area contributed by atoms with Crippen LogP contribution in [0, 0.1) is 0 Å². The molecule has 0 spiro atoms. The second-order valence-electron chi connectivity index (χ2n) is 6.11. The molecule has 0 saturated heterocycles. The number of rotatable bonds is 7. The van der Waals surface area contributed by atoms with Crippen LogP contribution in [0.15, 0.2) is 82.8 Å². The molecule has 30 heavy (non-hydrogen) atoms. The number of anilines is 1. The van der Waals surface area contributed by atoms with E-state index in [9.17, 15) is 13.2 Å². The van der Waals surface area contributed by atoms with E-state index in [-0.39, 0.29) is 10.5 Å². The van der Waals surface area contributed by atoms with Gasteiger partial charge in [0.1, 0.15) is 5.75 Å². The monoisotopic (exact) mass is 443 g/mol. The molecule has 3 aromatic rings. The summed E-state index contributed by atoms with van der Waals surface area (Å²) in [5, 5.41) is 4.39. The van der Waals surface area contributed by atoms with Crippen molar-refractivity contribution in [3.8, 4) is 5.75 Å². The van der Waals surface area contributed by atoms with Crippen molar-refractivity contribution in [3.63, 3.8) is 0 Å². The van der Waals surface area contributed by atoms with Crippen LogP contribution in [0.2, 0.25) is 5.02 Å². The molecule has 0 aliphatic heterocycles. The van der Waals surface area contributed by atoms with Gasteiger partial charge in [0.2, 0.25) is 0 Å². The molecule has 3 aromatic carbocycles. The van der Waals surface area contributed by atoms with Crippen molar-refractivity contribution >= 4 is 39.4 Å². The van der Waals surface area contributed by atoms with Gasteiger partial charge in [-0.25, -0.2) is 13.8 Å². The Balaban J connectivity index is 1.69. The molecule has 9 heteroatoms. The van der Waals surface area contributed by atoms with Crippen LogP contribution in [0.5, 0.6) is 5.75 Å². The van der Waals surface area contributed by atoms with Crippen molar-refractivity contribution in [2.45, 2.75) is 4.90 Å². The molecular weight excluding hydrogens is 426 g/mol. The number of nitrogens with zero attached hydrogens (tertiary/aromatic N) is 1. The van der Waals surface area contributed by atoms with E-state index in [1.165, 1.54) is 30.5 Å². The van der Waals surface area contributed by atoms with Gasteiger partial charge in [0.15, 0.2) is 0 Å². The van der Waals surface area contributed by atoms with Gasteiger partial charge in [-0.05, 0) is 72.3 Å². The normalized spacial score (nSPS) is 11.3. The molecule has 0 fully saturated rings. The van der Waals surface area contributed by atoms with Crippen molar-refractivity contribution in [2.75, 3.05) is 11.8 Å². The molecular formula is C21H18ClN3O4S. The molecule has 0 radical (unpaired) electrons. The van der Waals surface area contributed by atoms with Gasteiger partial charge in [-0.1, -0.05) is 17.7 Å². The molecule has 2 N–H and O–H groups in total. The van der Waals surface area contributed by atoms with E-state index in [0.717, 1.165) is 5.56 Å². The summed E-state index contributed by atoms with van der Waals surface area (Å²) in [5.74, 6) is 0.171. The minimum atomic E-state index is -3.88. The van der Waals surface area contributed by atoms with Gasteiger partial charge in [-0.15, -0.1) is 0 Å². The number of halogens is 1. The molecule has 0 aromatic heterocycles. The average molecular weight is 444 g/mol. The molecule has 0 atom stereocenters. The number of hydrogen-bond acceptors (Lipinski definition) is 5. The fourth-order valence-electron chi connectivity index (χ4n) is 2.46. The topological polar surface area (TPSA) is 96.9 Å². The Morgan fingerprint density at radius 2 is 1.73 bits per heavy atom. The van der Waals surface area contributed by atoms with Crippen molar-refractivity contribution in [3.05, 3.63) is 88.9 Å². The standard InChI is InChI=1S/C21H18ClN3O4S/c1-29-19-11-5-15(6-12-19)14-23-24-21(26)16-3-2-4-20(13-16)30(27,28)25-18-9-7-17(22)8-10-18/h2-14,25H,1H3,(H,24,26)/b23-14+. The highest BCUT2D eigenvalue weighted by molar-refractivity contribution is 7.92. The number of carbonyl (C=O) groups is 1. The summed E-state index contributed by atoms with van der Waals surface area (Å²) >= 11 is 5.81. The van der Waals surface area contributed by atoms with Crippen LogP contribution in [0.3, 0.4) is 0 Å². The number of amides is 1. The van der Waals surface area contributed by atoms with Crippen LogP contribution in [0.25, 0.3) is 0 Å². The zero-order valence-corrected chi connectivity index (χ0v) is 17.4. The summed E-state index contributed by atoms with van der Waals surface area (Å²) in [4.78, 5) is 12.3. The van der Waals surface area contributed by atoms with Crippen molar-refractivity contribution in [1.82, 2.24) is 5.43 Å². The number of carbonyl (C=O) groups excluding carboxylic acids is 1. The Morgan fingerprint density at radius 1 is 1.03 bits per heavy atom. The van der Waals surface area contributed by atoms with Gasteiger partial charge < -0.3 is 4.74 Å². The Morgan fingerprint density at radius 3 is 2.40 bits per heavy atom. The Hall–Kier alpha value is -3.36. The maximum atomic E-state index is 12.6. The third kappa shape index (κ3) is 5.59. The lowest BCUT2D eigenvalue weighted by Crippen LogP contribution is -2.19. The fraction of sp³-hybridized carbons (Fsp3) is 0.0476. The summed E-state index contributed by atoms with van der Waals surface area (Å²) in [6, 6.07) is 19.0. The molecule has 0 bridgehead atoms. The predicted octanol–water partition coefficient (Wildman–Crippen LogP) is 3.91. The van der Waals surface area contributed by atoms with Crippen LogP contribution in [-0.2, 0) is 10.0 Å². The Kier molecular flexibility index (Phi) is 6.71. The van der Waals surface area contributed by atoms with Gasteiger partial charge in [-0.2, -0.15) is 5.10 Å². The second kappa shape index (κ2) is 9.43. The summed E-state index contributed by atoms with van der Waals surface area (Å²) in [6.07, 6.45) is 1.47. The predicted molar refractivity (Wildman–Crippen MR) is 117 cm³/mol. The van der Waals surface area contributed by atoms with Crippen LogP contribution in [0.1, 0.15) is 15.9 Å². The van der Waals surface area contributed by atoms with Crippen molar-refractivity contribution in [1.29, 1.82) is 0 Å².